The molecule has 7 nitrogen and oxygen atoms in total. The molecule has 4 N–H and O–H groups in total. The van der Waals surface area contributed by atoms with Crippen molar-refractivity contribution in [3.05, 3.63) is 66.0 Å². The molecule has 1 aliphatic rings. The first-order chi connectivity index (χ1) is 13.2. The highest BCUT2D eigenvalue weighted by Gasteiger charge is 2.36. The molecule has 3 aromatic rings. The number of rotatable bonds is 6. The summed E-state index contributed by atoms with van der Waals surface area (Å²) >= 11 is 1.34. The molecule has 0 aliphatic carbocycles. The van der Waals surface area contributed by atoms with Crippen LogP contribution in [0.25, 0.3) is 11.0 Å². The van der Waals surface area contributed by atoms with Crippen LogP contribution in [0.3, 0.4) is 0 Å². The molecule has 1 atom stereocenters. The number of amides is 1. The average molecular weight is 380 g/mol. The van der Waals surface area contributed by atoms with Gasteiger partial charge in [-0.1, -0.05) is 30.3 Å². The van der Waals surface area contributed by atoms with Crippen LogP contribution < -0.4 is 15.8 Å². The highest BCUT2D eigenvalue weighted by molar-refractivity contribution is 8.10. The maximum atomic E-state index is 12.9. The van der Waals surface area contributed by atoms with Gasteiger partial charge in [-0.15, -0.1) is 0 Å². The van der Waals surface area contributed by atoms with E-state index in [1.54, 1.807) is 17.9 Å². The molecule has 0 spiro atoms. The molecule has 0 saturated carbocycles. The third-order valence-corrected chi connectivity index (χ3v) is 5.10. The van der Waals surface area contributed by atoms with E-state index in [1.165, 1.54) is 11.9 Å². The molecule has 0 bridgehead atoms. The zero-order valence-corrected chi connectivity index (χ0v) is 15.4. The second kappa shape index (κ2) is 7.51. The molecule has 0 fully saturated rings. The Morgan fingerprint density at radius 1 is 1.26 bits per heavy atom. The van der Waals surface area contributed by atoms with Gasteiger partial charge in [0.05, 0.1) is 22.9 Å². The maximum absolute atomic E-state index is 12.9. The average Bonchev–Trinajstić information content (AvgIpc) is 3.34. The van der Waals surface area contributed by atoms with Gasteiger partial charge in [0.2, 0.25) is 5.79 Å². The van der Waals surface area contributed by atoms with Gasteiger partial charge >= 0.3 is 0 Å². The highest BCUT2D eigenvalue weighted by atomic mass is 32.2. The van der Waals surface area contributed by atoms with Gasteiger partial charge in [0.15, 0.2) is 0 Å². The van der Waals surface area contributed by atoms with E-state index in [4.69, 9.17) is 5.73 Å². The lowest BCUT2D eigenvalue weighted by atomic mass is 10.1. The number of benzene rings is 2. The van der Waals surface area contributed by atoms with Crippen LogP contribution in [0.2, 0.25) is 0 Å². The number of carbonyl (C=O) groups excluding carboxylic acids is 1. The zero-order valence-electron chi connectivity index (χ0n) is 14.6. The summed E-state index contributed by atoms with van der Waals surface area (Å²) in [4.78, 5) is 21.8. The smallest absolute Gasteiger partial charge is 0.254 e. The molecule has 0 saturated heterocycles. The van der Waals surface area contributed by atoms with E-state index in [9.17, 15) is 4.79 Å². The van der Waals surface area contributed by atoms with Crippen molar-refractivity contribution < 1.29 is 4.79 Å². The fraction of sp³-hybridized carbons (Fsp3) is 0.211. The first-order valence-corrected chi connectivity index (χ1v) is 9.59. The van der Waals surface area contributed by atoms with Crippen LogP contribution >= 0.6 is 11.9 Å². The van der Waals surface area contributed by atoms with Crippen LogP contribution in [0, 0.1) is 0 Å². The molecule has 1 amide bonds. The third kappa shape index (κ3) is 3.46. The van der Waals surface area contributed by atoms with Crippen LogP contribution in [-0.2, 0) is 12.3 Å². The Morgan fingerprint density at radius 3 is 2.85 bits per heavy atom. The molecule has 4 rings (SSSR count). The van der Waals surface area contributed by atoms with Crippen molar-refractivity contribution in [2.24, 2.45) is 10.7 Å². The Kier molecular flexibility index (Phi) is 4.93. The SMILES string of the molecule is NCCCn1cnc2cc(C(=O)NC3(c4ccccc4)N=CSN3)ccc21. The molecule has 138 valence electrons. The van der Waals surface area contributed by atoms with Crippen molar-refractivity contribution in [3.8, 4) is 0 Å². The minimum Gasteiger partial charge on any atom is -0.331 e. The van der Waals surface area contributed by atoms with E-state index >= 15 is 0 Å². The molecule has 1 unspecified atom stereocenters. The number of nitrogens with two attached hydrogens (primary N) is 1. The monoisotopic (exact) mass is 380 g/mol. The van der Waals surface area contributed by atoms with Crippen molar-refractivity contribution in [2.75, 3.05) is 6.54 Å². The normalized spacial score (nSPS) is 18.9. The van der Waals surface area contributed by atoms with Crippen LogP contribution in [0.5, 0.6) is 0 Å². The number of aryl methyl sites for hydroxylation is 1. The number of aromatic nitrogens is 2. The van der Waals surface area contributed by atoms with E-state index in [1.807, 2.05) is 42.5 Å². The molecule has 0 radical (unpaired) electrons. The number of imidazole rings is 1. The molecular weight excluding hydrogens is 360 g/mol. The summed E-state index contributed by atoms with van der Waals surface area (Å²) in [5, 5.41) is 3.01. The number of fused-ring (bicyclic) bond motifs is 1. The van der Waals surface area contributed by atoms with Crippen LogP contribution in [0.4, 0.5) is 0 Å². The summed E-state index contributed by atoms with van der Waals surface area (Å²) in [6, 6.07) is 15.2. The molecule has 2 aromatic carbocycles. The lowest BCUT2D eigenvalue weighted by Crippen LogP contribution is -2.50. The summed E-state index contributed by atoms with van der Waals surface area (Å²) < 4.78 is 5.23. The van der Waals surface area contributed by atoms with Crippen molar-refractivity contribution in [3.63, 3.8) is 0 Å². The Labute approximate surface area is 161 Å². The van der Waals surface area contributed by atoms with Crippen LogP contribution in [-0.4, -0.2) is 27.5 Å². The molecule has 27 heavy (non-hydrogen) atoms. The molecule has 1 aliphatic heterocycles. The van der Waals surface area contributed by atoms with Crippen molar-refractivity contribution >= 4 is 34.4 Å². The summed E-state index contributed by atoms with van der Waals surface area (Å²) in [6.45, 7) is 1.44. The topological polar surface area (TPSA) is 97.3 Å². The van der Waals surface area contributed by atoms with E-state index < -0.39 is 5.79 Å². The fourth-order valence-electron chi connectivity index (χ4n) is 3.07. The number of nitrogens with zero attached hydrogens (tertiary/aromatic N) is 3. The molecule has 1 aromatic heterocycles. The highest BCUT2D eigenvalue weighted by Crippen LogP contribution is 2.27. The van der Waals surface area contributed by atoms with Gasteiger partial charge in [0, 0.05) is 17.7 Å². The summed E-state index contributed by atoms with van der Waals surface area (Å²) in [7, 11) is 0. The van der Waals surface area contributed by atoms with Crippen LogP contribution in [0.15, 0.2) is 59.9 Å². The third-order valence-electron chi connectivity index (χ3n) is 4.48. The van der Waals surface area contributed by atoms with Gasteiger partial charge in [-0.05, 0) is 43.1 Å². The Hall–Kier alpha value is -2.68. The summed E-state index contributed by atoms with van der Waals surface area (Å²) in [5.41, 5.74) is 10.5. The number of carbonyl (C=O) groups is 1. The van der Waals surface area contributed by atoms with Crippen LogP contribution in [0.1, 0.15) is 22.3 Å². The maximum Gasteiger partial charge on any atom is 0.254 e. The van der Waals surface area contributed by atoms with Gasteiger partial charge in [-0.25, -0.2) is 14.7 Å². The van der Waals surface area contributed by atoms with Crippen molar-refractivity contribution in [2.45, 2.75) is 18.8 Å². The second-order valence-electron chi connectivity index (χ2n) is 6.27. The number of nitrogens with one attached hydrogen (secondary N) is 2. The van der Waals surface area contributed by atoms with E-state index in [0.29, 0.717) is 12.1 Å². The predicted molar refractivity (Wildman–Crippen MR) is 108 cm³/mol. The number of aliphatic imine (C=N–C) groups is 1. The Bertz CT molecular complexity index is 986. The van der Waals surface area contributed by atoms with Gasteiger partial charge in [-0.2, -0.15) is 0 Å². The fourth-order valence-corrected chi connectivity index (χ4v) is 3.72. The van der Waals surface area contributed by atoms with E-state index in [2.05, 4.69) is 24.6 Å². The number of hydrogen-bond acceptors (Lipinski definition) is 6. The largest absolute Gasteiger partial charge is 0.331 e. The Morgan fingerprint density at radius 2 is 2.11 bits per heavy atom. The quantitative estimate of drug-likeness (QED) is 0.570. The number of hydrogen-bond donors (Lipinski definition) is 3. The van der Waals surface area contributed by atoms with Crippen molar-refractivity contribution in [1.29, 1.82) is 0 Å². The van der Waals surface area contributed by atoms with Gasteiger partial charge in [-0.3, -0.25) is 4.79 Å². The van der Waals surface area contributed by atoms with Gasteiger partial charge in [0.25, 0.3) is 5.91 Å². The van der Waals surface area contributed by atoms with E-state index in [0.717, 1.165) is 29.6 Å². The lowest BCUT2D eigenvalue weighted by Gasteiger charge is -2.27. The first kappa shape index (κ1) is 17.7. The predicted octanol–water partition coefficient (Wildman–Crippen LogP) is 2.21. The Balaban J connectivity index is 1.60. The molecular formula is C19H20N6OS. The molecule has 8 heteroatoms. The van der Waals surface area contributed by atoms with Crippen molar-refractivity contribution in [1.82, 2.24) is 19.6 Å². The van der Waals surface area contributed by atoms with Gasteiger partial charge < -0.3 is 15.6 Å². The van der Waals surface area contributed by atoms with E-state index in [-0.39, 0.29) is 5.91 Å². The minimum absolute atomic E-state index is 0.218. The minimum atomic E-state index is -0.974. The standard InChI is InChI=1S/C19H20N6OS/c20-9-4-10-25-12-21-16-11-14(7-8-17(16)25)18(26)23-19(22-13-27-24-19)15-5-2-1-3-6-15/h1-3,5-8,11-13,24H,4,9-10,20H2,(H,23,26). The lowest BCUT2D eigenvalue weighted by molar-refractivity contribution is 0.0897. The second-order valence-corrected chi connectivity index (χ2v) is 6.92. The van der Waals surface area contributed by atoms with Gasteiger partial charge in [0.1, 0.15) is 0 Å². The zero-order chi connectivity index (χ0) is 18.7. The summed E-state index contributed by atoms with van der Waals surface area (Å²) in [5.74, 6) is -1.19. The summed E-state index contributed by atoms with van der Waals surface area (Å²) in [6.07, 6.45) is 2.67. The molecule has 2 heterocycles. The first-order valence-electron chi connectivity index (χ1n) is 8.71.